The number of carbonyl (C=O) groups is 1. The van der Waals surface area contributed by atoms with Crippen LogP contribution in [0.5, 0.6) is 0 Å². The maximum Gasteiger partial charge on any atom is 0.412 e. The van der Waals surface area contributed by atoms with Crippen LogP contribution in [0, 0.1) is 11.8 Å². The lowest BCUT2D eigenvalue weighted by Crippen LogP contribution is -2.40. The SMILES string of the molecule is CC(C)(C)OC(=O)Nc1ccccc1C#CCO[Si](C)(C)C(C)(C)C. The van der Waals surface area contributed by atoms with Gasteiger partial charge in [0.05, 0.1) is 12.3 Å². The van der Waals surface area contributed by atoms with Gasteiger partial charge in [0.15, 0.2) is 8.32 Å². The van der Waals surface area contributed by atoms with Crippen LogP contribution < -0.4 is 5.32 Å². The molecule has 1 rings (SSSR count). The Labute approximate surface area is 153 Å². The minimum absolute atomic E-state index is 0.158. The molecule has 4 nitrogen and oxygen atoms in total. The number of hydrogen-bond donors (Lipinski definition) is 1. The maximum atomic E-state index is 12.0. The van der Waals surface area contributed by atoms with Crippen LogP contribution in [0.3, 0.4) is 0 Å². The molecule has 138 valence electrons. The summed E-state index contributed by atoms with van der Waals surface area (Å²) in [5.41, 5.74) is 0.839. The maximum absolute atomic E-state index is 12.0. The van der Waals surface area contributed by atoms with Crippen molar-refractivity contribution in [2.24, 2.45) is 0 Å². The molecule has 1 aromatic carbocycles. The molecular formula is C20H31NO3Si. The Morgan fingerprint density at radius 1 is 1.12 bits per heavy atom. The Morgan fingerprint density at radius 2 is 1.72 bits per heavy atom. The van der Waals surface area contributed by atoms with Gasteiger partial charge in [0.2, 0.25) is 0 Å². The fourth-order valence-corrected chi connectivity index (χ4v) is 2.55. The molecule has 0 heterocycles. The number of amides is 1. The van der Waals surface area contributed by atoms with Gasteiger partial charge in [-0.1, -0.05) is 44.7 Å². The Morgan fingerprint density at radius 3 is 2.28 bits per heavy atom. The molecule has 0 aliphatic rings. The molecule has 5 heteroatoms. The Hall–Kier alpha value is -1.77. The first kappa shape index (κ1) is 21.3. The van der Waals surface area contributed by atoms with E-state index in [1.54, 1.807) is 0 Å². The zero-order chi connectivity index (χ0) is 19.3. The van der Waals surface area contributed by atoms with Gasteiger partial charge in [-0.05, 0) is 51.0 Å². The lowest BCUT2D eigenvalue weighted by Gasteiger charge is -2.35. The van der Waals surface area contributed by atoms with E-state index < -0.39 is 20.0 Å². The van der Waals surface area contributed by atoms with Crippen LogP contribution in [-0.2, 0) is 9.16 Å². The summed E-state index contributed by atoms with van der Waals surface area (Å²) in [5.74, 6) is 6.14. The van der Waals surface area contributed by atoms with E-state index >= 15 is 0 Å². The van der Waals surface area contributed by atoms with Crippen molar-refractivity contribution in [1.82, 2.24) is 0 Å². The molecule has 0 saturated carbocycles. The summed E-state index contributed by atoms with van der Waals surface area (Å²) in [6, 6.07) is 7.41. The van der Waals surface area contributed by atoms with Crippen LogP contribution in [0.25, 0.3) is 0 Å². The first-order valence-corrected chi connectivity index (χ1v) is 11.4. The van der Waals surface area contributed by atoms with E-state index in [9.17, 15) is 4.79 Å². The molecule has 0 atom stereocenters. The van der Waals surface area contributed by atoms with Gasteiger partial charge in [-0.2, -0.15) is 0 Å². The van der Waals surface area contributed by atoms with Gasteiger partial charge in [-0.25, -0.2) is 4.79 Å². The van der Waals surface area contributed by atoms with E-state index in [1.165, 1.54) is 0 Å². The molecule has 0 fully saturated rings. The van der Waals surface area contributed by atoms with E-state index in [4.69, 9.17) is 9.16 Å². The van der Waals surface area contributed by atoms with Gasteiger partial charge in [0, 0.05) is 5.56 Å². The zero-order valence-electron chi connectivity index (χ0n) is 16.7. The molecule has 1 N–H and O–H groups in total. The van der Waals surface area contributed by atoms with Gasteiger partial charge in [0.1, 0.15) is 5.60 Å². The smallest absolute Gasteiger partial charge is 0.412 e. The van der Waals surface area contributed by atoms with Crippen LogP contribution in [-0.4, -0.2) is 26.6 Å². The average Bonchev–Trinajstić information content (AvgIpc) is 2.41. The summed E-state index contributed by atoms with van der Waals surface area (Å²) in [7, 11) is -1.80. The van der Waals surface area contributed by atoms with Crippen molar-refractivity contribution >= 4 is 20.1 Å². The molecule has 0 radical (unpaired) electrons. The predicted molar refractivity (Wildman–Crippen MR) is 106 cm³/mol. The largest absolute Gasteiger partial charge is 0.444 e. The Bertz CT molecular complexity index is 658. The second-order valence-electron chi connectivity index (χ2n) is 8.52. The third-order valence-electron chi connectivity index (χ3n) is 4.10. The third-order valence-corrected chi connectivity index (χ3v) is 8.58. The zero-order valence-corrected chi connectivity index (χ0v) is 17.7. The van der Waals surface area contributed by atoms with E-state index in [2.05, 4.69) is 51.0 Å². The molecular weight excluding hydrogens is 330 g/mol. The topological polar surface area (TPSA) is 47.6 Å². The van der Waals surface area contributed by atoms with E-state index in [0.29, 0.717) is 12.3 Å². The predicted octanol–water partition coefficient (Wildman–Crippen LogP) is 5.41. The number of rotatable bonds is 3. The van der Waals surface area contributed by atoms with E-state index in [-0.39, 0.29) is 5.04 Å². The number of para-hydroxylation sites is 1. The van der Waals surface area contributed by atoms with Crippen molar-refractivity contribution in [3.8, 4) is 11.8 Å². The number of benzene rings is 1. The molecule has 0 unspecified atom stereocenters. The first-order chi connectivity index (χ1) is 11.3. The molecule has 0 aromatic heterocycles. The summed E-state index contributed by atoms with van der Waals surface area (Å²) >= 11 is 0. The van der Waals surface area contributed by atoms with Crippen LogP contribution >= 0.6 is 0 Å². The summed E-state index contributed by atoms with van der Waals surface area (Å²) in [4.78, 5) is 12.0. The second kappa shape index (κ2) is 8.07. The molecule has 0 aliphatic carbocycles. The van der Waals surface area contributed by atoms with Crippen molar-refractivity contribution in [3.05, 3.63) is 29.8 Å². The monoisotopic (exact) mass is 361 g/mol. The molecule has 1 amide bonds. The number of carbonyl (C=O) groups excluding carboxylic acids is 1. The van der Waals surface area contributed by atoms with Crippen LogP contribution in [0.15, 0.2) is 24.3 Å². The molecule has 0 aliphatic heterocycles. The molecule has 0 bridgehead atoms. The Kier molecular flexibility index (Phi) is 6.87. The van der Waals surface area contributed by atoms with Crippen LogP contribution in [0.4, 0.5) is 10.5 Å². The number of anilines is 1. The van der Waals surface area contributed by atoms with Gasteiger partial charge >= 0.3 is 6.09 Å². The first-order valence-electron chi connectivity index (χ1n) is 8.54. The highest BCUT2D eigenvalue weighted by atomic mass is 28.4. The summed E-state index contributed by atoms with van der Waals surface area (Å²) in [6.45, 7) is 16.9. The molecule has 25 heavy (non-hydrogen) atoms. The standard InChI is InChI=1S/C20H31NO3Si/c1-19(2,3)24-18(22)21-17-14-10-9-12-16(17)13-11-15-23-25(7,8)20(4,5)6/h9-10,12,14H,15H2,1-8H3,(H,21,22). The minimum Gasteiger partial charge on any atom is -0.444 e. The van der Waals surface area contributed by atoms with Crippen molar-refractivity contribution in [3.63, 3.8) is 0 Å². The second-order valence-corrected chi connectivity index (χ2v) is 13.3. The normalized spacial score (nSPS) is 12.2. The minimum atomic E-state index is -1.80. The lowest BCUT2D eigenvalue weighted by molar-refractivity contribution is 0.0636. The van der Waals surface area contributed by atoms with Crippen molar-refractivity contribution < 1.29 is 14.0 Å². The summed E-state index contributed by atoms with van der Waals surface area (Å²) < 4.78 is 11.3. The van der Waals surface area contributed by atoms with E-state index in [1.807, 2.05) is 45.0 Å². The highest BCUT2D eigenvalue weighted by molar-refractivity contribution is 6.74. The van der Waals surface area contributed by atoms with Gasteiger partial charge < -0.3 is 9.16 Å². The fraction of sp³-hybridized carbons (Fsp3) is 0.550. The molecule has 0 saturated heterocycles. The third kappa shape index (κ3) is 7.33. The number of nitrogens with one attached hydrogen (secondary N) is 1. The highest BCUT2D eigenvalue weighted by Gasteiger charge is 2.36. The highest BCUT2D eigenvalue weighted by Crippen LogP contribution is 2.36. The van der Waals surface area contributed by atoms with Crippen LogP contribution in [0.1, 0.15) is 47.1 Å². The van der Waals surface area contributed by atoms with E-state index in [0.717, 1.165) is 5.56 Å². The number of hydrogen-bond acceptors (Lipinski definition) is 3. The Balaban J connectivity index is 2.77. The van der Waals surface area contributed by atoms with Crippen molar-refractivity contribution in [2.45, 2.75) is 65.3 Å². The molecule has 1 aromatic rings. The van der Waals surface area contributed by atoms with Crippen molar-refractivity contribution in [1.29, 1.82) is 0 Å². The van der Waals surface area contributed by atoms with Gasteiger partial charge in [0.25, 0.3) is 0 Å². The summed E-state index contributed by atoms with van der Waals surface area (Å²) in [5, 5.41) is 2.91. The quantitative estimate of drug-likeness (QED) is 0.578. The number of ether oxygens (including phenoxy) is 1. The fourth-order valence-electron chi connectivity index (χ4n) is 1.68. The van der Waals surface area contributed by atoms with Gasteiger partial charge in [-0.15, -0.1) is 0 Å². The van der Waals surface area contributed by atoms with Crippen LogP contribution in [0.2, 0.25) is 18.1 Å². The van der Waals surface area contributed by atoms with Gasteiger partial charge in [-0.3, -0.25) is 5.32 Å². The summed E-state index contributed by atoms with van der Waals surface area (Å²) in [6.07, 6.45) is -0.487. The van der Waals surface area contributed by atoms with Crippen molar-refractivity contribution in [2.75, 3.05) is 11.9 Å². The lowest BCUT2D eigenvalue weighted by atomic mass is 10.2. The molecule has 0 spiro atoms. The average molecular weight is 362 g/mol.